The Labute approximate surface area is 248 Å². The van der Waals surface area contributed by atoms with Crippen molar-refractivity contribution in [1.29, 1.82) is 0 Å². The average Bonchev–Trinajstić information content (AvgIpc) is 2.91. The maximum atomic E-state index is 13.8. The summed E-state index contributed by atoms with van der Waals surface area (Å²) in [6, 6.07) is 21.2. The molecule has 4 nitrogen and oxygen atoms in total. The molecular formula is C33H28Cl3NO3. The molecule has 0 saturated heterocycles. The fraction of sp³-hybridized carbons (Fsp3) is 0.242. The molecule has 40 heavy (non-hydrogen) atoms. The van der Waals surface area contributed by atoms with Crippen LogP contribution in [0, 0.1) is 5.41 Å². The van der Waals surface area contributed by atoms with Gasteiger partial charge in [-0.2, -0.15) is 0 Å². The van der Waals surface area contributed by atoms with E-state index in [1.807, 2.05) is 30.3 Å². The molecule has 7 heteroatoms. The summed E-state index contributed by atoms with van der Waals surface area (Å²) in [5.74, 6) is 1.03. The van der Waals surface area contributed by atoms with Gasteiger partial charge in [0, 0.05) is 38.9 Å². The third kappa shape index (κ3) is 4.83. The van der Waals surface area contributed by atoms with Crippen LogP contribution in [0.25, 0.3) is 16.3 Å². The van der Waals surface area contributed by atoms with E-state index in [1.165, 1.54) is 0 Å². The Hall–Kier alpha value is -3.18. The minimum Gasteiger partial charge on any atom is -0.493 e. The summed E-state index contributed by atoms with van der Waals surface area (Å²) in [7, 11) is 1.58. The van der Waals surface area contributed by atoms with E-state index in [9.17, 15) is 4.79 Å². The Kier molecular flexibility index (Phi) is 6.98. The van der Waals surface area contributed by atoms with Crippen molar-refractivity contribution >= 4 is 62.6 Å². The minimum absolute atomic E-state index is 0.137. The number of benzene rings is 4. The number of ether oxygens (including phenoxy) is 2. The number of nitrogens with one attached hydrogen (secondary N) is 1. The molecule has 4 aromatic rings. The average molecular weight is 593 g/mol. The number of carbonyl (C=O) groups is 1. The molecule has 1 aliphatic carbocycles. The Balaban J connectivity index is 1.44. The summed E-state index contributed by atoms with van der Waals surface area (Å²) in [5.41, 5.74) is 5.48. The van der Waals surface area contributed by atoms with Gasteiger partial charge in [0.05, 0.1) is 18.2 Å². The summed E-state index contributed by atoms with van der Waals surface area (Å²) in [4.78, 5) is 13.8. The van der Waals surface area contributed by atoms with Crippen LogP contribution in [0.5, 0.6) is 11.5 Å². The van der Waals surface area contributed by atoms with Gasteiger partial charge in [-0.25, -0.2) is 0 Å². The third-order valence-electron chi connectivity index (χ3n) is 7.71. The topological polar surface area (TPSA) is 47.6 Å². The lowest BCUT2D eigenvalue weighted by atomic mass is 9.68. The number of ketones is 1. The zero-order valence-electron chi connectivity index (χ0n) is 22.4. The second-order valence-corrected chi connectivity index (χ2v) is 12.4. The summed E-state index contributed by atoms with van der Waals surface area (Å²) in [6.45, 7) is 4.52. The van der Waals surface area contributed by atoms with Gasteiger partial charge >= 0.3 is 0 Å². The molecule has 1 heterocycles. The summed E-state index contributed by atoms with van der Waals surface area (Å²) >= 11 is 19.2. The van der Waals surface area contributed by atoms with Crippen LogP contribution in [-0.4, -0.2) is 12.9 Å². The second-order valence-electron chi connectivity index (χ2n) is 11.2. The molecule has 4 aromatic carbocycles. The zero-order valence-corrected chi connectivity index (χ0v) is 24.7. The number of hydrogen-bond acceptors (Lipinski definition) is 4. The molecule has 2 aliphatic rings. The fourth-order valence-corrected chi connectivity index (χ4v) is 6.66. The van der Waals surface area contributed by atoms with Crippen LogP contribution in [0.15, 0.2) is 72.3 Å². The number of allylic oxidation sites excluding steroid dienone is 1. The highest BCUT2D eigenvalue weighted by Crippen LogP contribution is 2.53. The van der Waals surface area contributed by atoms with Crippen LogP contribution in [0.4, 0.5) is 5.69 Å². The first-order chi connectivity index (χ1) is 19.1. The van der Waals surface area contributed by atoms with Gasteiger partial charge in [0.25, 0.3) is 0 Å². The smallest absolute Gasteiger partial charge is 0.180 e. The summed E-state index contributed by atoms with van der Waals surface area (Å²) in [6.07, 6.45) is 1.29. The number of carbonyl (C=O) groups excluding carboxylic acids is 1. The first-order valence-electron chi connectivity index (χ1n) is 13.1. The van der Waals surface area contributed by atoms with Crippen molar-refractivity contribution in [3.63, 3.8) is 0 Å². The molecule has 0 fully saturated rings. The number of anilines is 1. The van der Waals surface area contributed by atoms with Crippen molar-refractivity contribution < 1.29 is 14.3 Å². The third-order valence-corrected chi connectivity index (χ3v) is 8.58. The number of rotatable bonds is 5. The van der Waals surface area contributed by atoms with Crippen molar-refractivity contribution in [2.24, 2.45) is 5.41 Å². The van der Waals surface area contributed by atoms with Gasteiger partial charge in [-0.15, -0.1) is 0 Å². The van der Waals surface area contributed by atoms with Crippen molar-refractivity contribution in [1.82, 2.24) is 0 Å². The van der Waals surface area contributed by atoms with E-state index >= 15 is 0 Å². The van der Waals surface area contributed by atoms with Crippen LogP contribution in [0.2, 0.25) is 15.1 Å². The Morgan fingerprint density at radius 2 is 1.75 bits per heavy atom. The van der Waals surface area contributed by atoms with Gasteiger partial charge < -0.3 is 14.8 Å². The lowest BCUT2D eigenvalue weighted by molar-refractivity contribution is -0.118. The second kappa shape index (κ2) is 10.3. The minimum atomic E-state index is -0.376. The van der Waals surface area contributed by atoms with Crippen LogP contribution >= 0.6 is 34.8 Å². The molecule has 0 amide bonds. The number of hydrogen-bond donors (Lipinski definition) is 1. The largest absolute Gasteiger partial charge is 0.493 e. The standard InChI is InChI=1S/C33H28Cl3NO3/c1-33(2)15-23-29-22-7-5-4-6-18(22)9-11-26(29)37-31(30(23)27(38)16-33)20-12-25(36)32(28(13-20)39-3)40-17-19-8-10-21(34)14-24(19)35/h4-14,31,37H,15-17H2,1-3H3/t31-/m1/s1. The highest BCUT2D eigenvalue weighted by molar-refractivity contribution is 6.35. The van der Waals surface area contributed by atoms with E-state index in [0.29, 0.717) is 33.0 Å². The molecule has 0 bridgehead atoms. The maximum absolute atomic E-state index is 13.8. The summed E-state index contributed by atoms with van der Waals surface area (Å²) in [5, 5.41) is 7.41. The van der Waals surface area contributed by atoms with Gasteiger partial charge in [0.1, 0.15) is 6.61 Å². The highest BCUT2D eigenvalue weighted by Gasteiger charge is 2.41. The fourth-order valence-electron chi connectivity index (χ4n) is 5.92. The molecule has 0 unspecified atom stereocenters. The van der Waals surface area contributed by atoms with Gasteiger partial charge in [0.2, 0.25) is 0 Å². The van der Waals surface area contributed by atoms with Crippen LogP contribution in [-0.2, 0) is 11.4 Å². The van der Waals surface area contributed by atoms with E-state index in [1.54, 1.807) is 19.2 Å². The zero-order chi connectivity index (χ0) is 28.2. The maximum Gasteiger partial charge on any atom is 0.180 e. The molecular weight excluding hydrogens is 565 g/mol. The Morgan fingerprint density at radius 1 is 0.950 bits per heavy atom. The quantitative estimate of drug-likeness (QED) is 0.251. The van der Waals surface area contributed by atoms with Crippen LogP contribution in [0.1, 0.15) is 49.4 Å². The van der Waals surface area contributed by atoms with E-state index in [0.717, 1.165) is 50.7 Å². The van der Waals surface area contributed by atoms with E-state index in [2.05, 4.69) is 43.4 Å². The number of Topliss-reactive ketones (excluding diaryl/α,β-unsaturated/α-hetero) is 1. The lowest BCUT2D eigenvalue weighted by Gasteiger charge is -2.40. The molecule has 1 atom stereocenters. The predicted molar refractivity (Wildman–Crippen MR) is 164 cm³/mol. The first-order valence-corrected chi connectivity index (χ1v) is 14.3. The van der Waals surface area contributed by atoms with Crippen molar-refractivity contribution in [3.05, 3.63) is 104 Å². The molecule has 0 spiro atoms. The van der Waals surface area contributed by atoms with E-state index < -0.39 is 0 Å². The van der Waals surface area contributed by atoms with Gasteiger partial charge in [-0.05, 0) is 64.1 Å². The molecule has 1 N–H and O–H groups in total. The van der Waals surface area contributed by atoms with Crippen LogP contribution in [0.3, 0.4) is 0 Å². The number of fused-ring (bicyclic) bond motifs is 4. The Bertz CT molecular complexity index is 1710. The van der Waals surface area contributed by atoms with Crippen molar-refractivity contribution in [2.75, 3.05) is 12.4 Å². The van der Waals surface area contributed by atoms with Crippen LogP contribution < -0.4 is 14.8 Å². The lowest BCUT2D eigenvalue weighted by Crippen LogP contribution is -2.33. The number of halogens is 3. The summed E-state index contributed by atoms with van der Waals surface area (Å²) < 4.78 is 11.8. The molecule has 6 rings (SSSR count). The molecule has 0 saturated carbocycles. The monoisotopic (exact) mass is 591 g/mol. The van der Waals surface area contributed by atoms with Crippen molar-refractivity contribution in [2.45, 2.75) is 39.3 Å². The van der Waals surface area contributed by atoms with E-state index in [-0.39, 0.29) is 23.8 Å². The molecule has 1 aliphatic heterocycles. The van der Waals surface area contributed by atoms with Gasteiger partial charge in [-0.1, -0.05) is 85.0 Å². The normalized spacial score (nSPS) is 17.8. The van der Waals surface area contributed by atoms with Gasteiger partial charge in [-0.3, -0.25) is 4.79 Å². The van der Waals surface area contributed by atoms with Crippen molar-refractivity contribution in [3.8, 4) is 11.5 Å². The molecule has 204 valence electrons. The highest BCUT2D eigenvalue weighted by atomic mass is 35.5. The van der Waals surface area contributed by atoms with Gasteiger partial charge in [0.15, 0.2) is 17.3 Å². The molecule has 0 aromatic heterocycles. The first kappa shape index (κ1) is 27.0. The van der Waals surface area contributed by atoms with E-state index in [4.69, 9.17) is 44.3 Å². The predicted octanol–water partition coefficient (Wildman–Crippen LogP) is 9.70. The SMILES string of the molecule is COc1cc([C@H]2Nc3ccc4ccccc4c3C3=C2C(=O)CC(C)(C)C3)cc(Cl)c1OCc1ccc(Cl)cc1Cl. The molecule has 0 radical (unpaired) electrons. The number of methoxy groups -OCH3 is 1. The Morgan fingerprint density at radius 3 is 2.52 bits per heavy atom.